The molecule has 0 heterocycles. The lowest BCUT2D eigenvalue weighted by atomic mass is 10.1. The number of aryl methyl sites for hydroxylation is 2. The molecule has 0 aliphatic heterocycles. The molecule has 0 unspecified atom stereocenters. The normalized spacial score (nSPS) is 9.94. The molecule has 0 saturated heterocycles. The highest BCUT2D eigenvalue weighted by atomic mass is 16.6. The van der Waals surface area contributed by atoms with E-state index in [0.29, 0.717) is 5.75 Å². The third-order valence-electron chi connectivity index (χ3n) is 2.37. The Bertz CT molecular complexity index is 436. The van der Waals surface area contributed by atoms with E-state index < -0.39 is 12.1 Å². The van der Waals surface area contributed by atoms with Gasteiger partial charge in [0, 0.05) is 13.6 Å². The molecule has 0 bridgehead atoms. The number of hydrogen-bond donors (Lipinski definition) is 1. The van der Waals surface area contributed by atoms with Crippen LogP contribution in [0.2, 0.25) is 0 Å². The number of ether oxygens (including phenoxy) is 1. The van der Waals surface area contributed by atoms with E-state index in [4.69, 9.17) is 9.84 Å². The van der Waals surface area contributed by atoms with Crippen molar-refractivity contribution in [2.75, 3.05) is 13.6 Å². The number of rotatable bonds is 4. The molecule has 0 aromatic heterocycles. The number of nitrogens with zero attached hydrogens (tertiary/aromatic N) is 1. The van der Waals surface area contributed by atoms with Gasteiger partial charge < -0.3 is 14.7 Å². The van der Waals surface area contributed by atoms with Crippen LogP contribution in [0.1, 0.15) is 17.5 Å². The summed E-state index contributed by atoms with van der Waals surface area (Å²) in [6.07, 6.45) is -0.653. The van der Waals surface area contributed by atoms with Crippen LogP contribution in [0.4, 0.5) is 4.79 Å². The summed E-state index contributed by atoms with van der Waals surface area (Å²) in [5.41, 5.74) is 2.01. The van der Waals surface area contributed by atoms with Gasteiger partial charge in [0.15, 0.2) is 0 Å². The van der Waals surface area contributed by atoms with Crippen molar-refractivity contribution in [1.29, 1.82) is 0 Å². The Kier molecular flexibility index (Phi) is 4.71. The minimum Gasteiger partial charge on any atom is -0.481 e. The standard InChI is InChI=1S/C13H17NO4/c1-9-6-10(2)8-11(7-9)18-13(17)14(3)5-4-12(15)16/h6-8H,4-5H2,1-3H3,(H,15,16). The maximum absolute atomic E-state index is 11.7. The molecule has 1 aromatic rings. The number of aliphatic carboxylic acids is 1. The van der Waals surface area contributed by atoms with Gasteiger partial charge in [-0.15, -0.1) is 0 Å². The second-order valence-electron chi connectivity index (χ2n) is 4.26. The van der Waals surface area contributed by atoms with Gasteiger partial charge in [-0.3, -0.25) is 4.79 Å². The van der Waals surface area contributed by atoms with Gasteiger partial charge in [-0.25, -0.2) is 4.79 Å². The summed E-state index contributed by atoms with van der Waals surface area (Å²) in [6.45, 7) is 3.95. The third-order valence-corrected chi connectivity index (χ3v) is 2.37. The molecule has 0 fully saturated rings. The van der Waals surface area contributed by atoms with Crippen molar-refractivity contribution in [3.05, 3.63) is 29.3 Å². The van der Waals surface area contributed by atoms with Gasteiger partial charge in [-0.2, -0.15) is 0 Å². The molecular weight excluding hydrogens is 234 g/mol. The topological polar surface area (TPSA) is 66.8 Å². The van der Waals surface area contributed by atoms with Gasteiger partial charge in [-0.05, 0) is 37.1 Å². The lowest BCUT2D eigenvalue weighted by Gasteiger charge is -2.16. The van der Waals surface area contributed by atoms with E-state index in [0.717, 1.165) is 11.1 Å². The third kappa shape index (κ3) is 4.45. The highest BCUT2D eigenvalue weighted by Gasteiger charge is 2.12. The smallest absolute Gasteiger partial charge is 0.414 e. The van der Waals surface area contributed by atoms with Gasteiger partial charge in [0.2, 0.25) is 0 Å². The maximum Gasteiger partial charge on any atom is 0.414 e. The Balaban J connectivity index is 2.60. The summed E-state index contributed by atoms with van der Waals surface area (Å²) in [7, 11) is 1.51. The van der Waals surface area contributed by atoms with Crippen LogP contribution >= 0.6 is 0 Å². The van der Waals surface area contributed by atoms with E-state index in [1.807, 2.05) is 19.9 Å². The Morgan fingerprint density at radius 2 is 1.78 bits per heavy atom. The molecule has 0 saturated carbocycles. The van der Waals surface area contributed by atoms with E-state index in [9.17, 15) is 9.59 Å². The maximum atomic E-state index is 11.7. The summed E-state index contributed by atoms with van der Waals surface area (Å²) >= 11 is 0. The van der Waals surface area contributed by atoms with E-state index in [2.05, 4.69) is 0 Å². The summed E-state index contributed by atoms with van der Waals surface area (Å²) < 4.78 is 5.16. The molecule has 98 valence electrons. The SMILES string of the molecule is Cc1cc(C)cc(OC(=O)N(C)CCC(=O)O)c1. The van der Waals surface area contributed by atoms with Gasteiger partial charge in [0.1, 0.15) is 5.75 Å². The number of carboxylic acid groups (broad SMARTS) is 1. The predicted molar refractivity (Wildman–Crippen MR) is 66.8 cm³/mol. The van der Waals surface area contributed by atoms with Gasteiger partial charge in [-0.1, -0.05) is 6.07 Å². The molecule has 0 spiro atoms. The molecule has 1 N–H and O–H groups in total. The zero-order valence-corrected chi connectivity index (χ0v) is 10.8. The minimum absolute atomic E-state index is 0.0988. The fraction of sp³-hybridized carbons (Fsp3) is 0.385. The highest BCUT2D eigenvalue weighted by molar-refractivity contribution is 5.72. The van der Waals surface area contributed by atoms with Crippen molar-refractivity contribution < 1.29 is 19.4 Å². The van der Waals surface area contributed by atoms with E-state index in [-0.39, 0.29) is 13.0 Å². The van der Waals surface area contributed by atoms with Crippen molar-refractivity contribution in [2.45, 2.75) is 20.3 Å². The van der Waals surface area contributed by atoms with Crippen LogP contribution in [0.3, 0.4) is 0 Å². The molecule has 18 heavy (non-hydrogen) atoms. The van der Waals surface area contributed by atoms with Gasteiger partial charge in [0.05, 0.1) is 6.42 Å². The van der Waals surface area contributed by atoms with Crippen molar-refractivity contribution in [2.24, 2.45) is 0 Å². The second kappa shape index (κ2) is 6.05. The van der Waals surface area contributed by atoms with Crippen molar-refractivity contribution in [3.8, 4) is 5.75 Å². The average molecular weight is 251 g/mol. The molecule has 1 amide bonds. The first kappa shape index (κ1) is 14.0. The lowest BCUT2D eigenvalue weighted by molar-refractivity contribution is -0.137. The number of carbonyl (C=O) groups excluding carboxylic acids is 1. The second-order valence-corrected chi connectivity index (χ2v) is 4.26. The van der Waals surface area contributed by atoms with Crippen LogP contribution in [0.5, 0.6) is 5.75 Å². The predicted octanol–water partition coefficient (Wildman–Crippen LogP) is 2.21. The average Bonchev–Trinajstić information content (AvgIpc) is 2.24. The minimum atomic E-state index is -0.943. The number of carboxylic acids is 1. The van der Waals surface area contributed by atoms with Crippen LogP contribution in [0.25, 0.3) is 0 Å². The first-order chi connectivity index (χ1) is 8.38. The van der Waals surface area contributed by atoms with Crippen molar-refractivity contribution >= 4 is 12.1 Å². The molecule has 0 radical (unpaired) electrons. The zero-order chi connectivity index (χ0) is 13.7. The molecule has 1 rings (SSSR count). The van der Waals surface area contributed by atoms with Crippen molar-refractivity contribution in [1.82, 2.24) is 4.90 Å². The summed E-state index contributed by atoms with van der Waals surface area (Å²) in [5.74, 6) is -0.472. The first-order valence-corrected chi connectivity index (χ1v) is 5.61. The summed E-state index contributed by atoms with van der Waals surface area (Å²) in [4.78, 5) is 23.3. The quantitative estimate of drug-likeness (QED) is 0.890. The van der Waals surface area contributed by atoms with Gasteiger partial charge in [0.25, 0.3) is 0 Å². The van der Waals surface area contributed by atoms with Crippen LogP contribution in [-0.4, -0.2) is 35.7 Å². The van der Waals surface area contributed by atoms with E-state index in [1.165, 1.54) is 11.9 Å². The Hall–Kier alpha value is -2.04. The van der Waals surface area contributed by atoms with Crippen LogP contribution < -0.4 is 4.74 Å². The first-order valence-electron chi connectivity index (χ1n) is 5.61. The molecule has 0 aliphatic rings. The molecule has 5 heteroatoms. The molecular formula is C13H17NO4. The number of benzene rings is 1. The fourth-order valence-corrected chi connectivity index (χ4v) is 1.53. The monoisotopic (exact) mass is 251 g/mol. The Labute approximate surface area is 106 Å². The molecule has 0 aliphatic carbocycles. The Morgan fingerprint density at radius 3 is 2.28 bits per heavy atom. The fourth-order valence-electron chi connectivity index (χ4n) is 1.53. The lowest BCUT2D eigenvalue weighted by Crippen LogP contribution is -2.31. The van der Waals surface area contributed by atoms with Crippen LogP contribution in [-0.2, 0) is 4.79 Å². The summed E-state index contributed by atoms with van der Waals surface area (Å²) in [5, 5.41) is 8.53. The van der Waals surface area contributed by atoms with E-state index in [1.54, 1.807) is 12.1 Å². The number of amides is 1. The molecule has 5 nitrogen and oxygen atoms in total. The van der Waals surface area contributed by atoms with E-state index >= 15 is 0 Å². The molecule has 0 atom stereocenters. The summed E-state index contributed by atoms with van der Waals surface area (Å²) in [6, 6.07) is 5.50. The van der Waals surface area contributed by atoms with Crippen LogP contribution in [0.15, 0.2) is 18.2 Å². The van der Waals surface area contributed by atoms with Crippen LogP contribution in [0, 0.1) is 13.8 Å². The van der Waals surface area contributed by atoms with Crippen molar-refractivity contribution in [3.63, 3.8) is 0 Å². The largest absolute Gasteiger partial charge is 0.481 e. The Morgan fingerprint density at radius 1 is 1.22 bits per heavy atom. The van der Waals surface area contributed by atoms with Gasteiger partial charge >= 0.3 is 12.1 Å². The number of hydrogen-bond acceptors (Lipinski definition) is 3. The zero-order valence-electron chi connectivity index (χ0n) is 10.8. The number of carbonyl (C=O) groups is 2. The molecule has 1 aromatic carbocycles. The highest BCUT2D eigenvalue weighted by Crippen LogP contribution is 2.16.